The first-order chi connectivity index (χ1) is 11.5. The van der Waals surface area contributed by atoms with Gasteiger partial charge in [0.1, 0.15) is 5.69 Å². The van der Waals surface area contributed by atoms with Crippen LogP contribution in [0.2, 0.25) is 0 Å². The number of nitrogens with zero attached hydrogens (tertiary/aromatic N) is 2. The van der Waals surface area contributed by atoms with Crippen molar-refractivity contribution in [1.82, 2.24) is 15.1 Å². The minimum atomic E-state index is -0.107. The molecular weight excluding hydrogens is 306 g/mol. The largest absolute Gasteiger partial charge is 0.384 e. The summed E-state index contributed by atoms with van der Waals surface area (Å²) in [5, 5.41) is 7.59. The van der Waals surface area contributed by atoms with E-state index in [2.05, 4.69) is 24.3 Å². The highest BCUT2D eigenvalue weighted by Crippen LogP contribution is 2.30. The molecule has 0 atom stereocenters. The summed E-state index contributed by atoms with van der Waals surface area (Å²) in [6.45, 7) is 8.98. The van der Waals surface area contributed by atoms with Gasteiger partial charge in [0.25, 0.3) is 5.91 Å². The molecule has 1 fully saturated rings. The van der Waals surface area contributed by atoms with Gasteiger partial charge in [-0.1, -0.05) is 13.8 Å². The second kappa shape index (κ2) is 8.62. The number of hydrogen-bond acceptors (Lipinski definition) is 4. The number of rotatable bonds is 8. The van der Waals surface area contributed by atoms with Crippen LogP contribution in [-0.4, -0.2) is 49.2 Å². The Bertz CT molecular complexity index is 526. The van der Waals surface area contributed by atoms with Crippen LogP contribution < -0.4 is 5.32 Å². The molecular formula is C18H31N3O3. The summed E-state index contributed by atoms with van der Waals surface area (Å²) in [7, 11) is 1.71. The molecule has 1 N–H and O–H groups in total. The van der Waals surface area contributed by atoms with E-state index in [0.29, 0.717) is 24.9 Å². The summed E-state index contributed by atoms with van der Waals surface area (Å²) in [4.78, 5) is 12.5. The van der Waals surface area contributed by atoms with Crippen LogP contribution >= 0.6 is 0 Å². The number of methoxy groups -OCH3 is 1. The average molecular weight is 337 g/mol. The summed E-state index contributed by atoms with van der Waals surface area (Å²) >= 11 is 0. The van der Waals surface area contributed by atoms with Gasteiger partial charge in [0, 0.05) is 38.0 Å². The fraction of sp³-hybridized carbons (Fsp3) is 0.778. The number of aromatic nitrogens is 2. The summed E-state index contributed by atoms with van der Waals surface area (Å²) < 4.78 is 12.8. The number of carbonyl (C=O) groups excluding carboxylic acids is 1. The molecule has 0 aromatic carbocycles. The average Bonchev–Trinajstić information content (AvgIpc) is 2.97. The van der Waals surface area contributed by atoms with Gasteiger partial charge in [-0.3, -0.25) is 9.48 Å². The van der Waals surface area contributed by atoms with Crippen molar-refractivity contribution < 1.29 is 14.3 Å². The van der Waals surface area contributed by atoms with Crippen LogP contribution in [0.3, 0.4) is 0 Å². The van der Waals surface area contributed by atoms with Gasteiger partial charge in [0.2, 0.25) is 0 Å². The maximum atomic E-state index is 12.5. The lowest BCUT2D eigenvalue weighted by molar-refractivity contribution is -0.0261. The van der Waals surface area contributed by atoms with Crippen molar-refractivity contribution in [2.24, 2.45) is 5.41 Å². The quantitative estimate of drug-likeness (QED) is 0.792. The maximum Gasteiger partial charge on any atom is 0.271 e. The zero-order chi connectivity index (χ0) is 17.6. The van der Waals surface area contributed by atoms with Crippen LogP contribution in [-0.2, 0) is 9.47 Å². The van der Waals surface area contributed by atoms with Crippen LogP contribution in [0.1, 0.15) is 61.8 Å². The lowest BCUT2D eigenvalue weighted by Crippen LogP contribution is -2.44. The molecule has 0 unspecified atom stereocenters. The Labute approximate surface area is 144 Å². The van der Waals surface area contributed by atoms with Crippen molar-refractivity contribution in [3.05, 3.63) is 17.5 Å². The molecule has 0 radical (unpaired) electrons. The minimum Gasteiger partial charge on any atom is -0.384 e. The van der Waals surface area contributed by atoms with Gasteiger partial charge in [-0.25, -0.2) is 0 Å². The number of aryl methyl sites for hydroxylation is 1. The van der Waals surface area contributed by atoms with Gasteiger partial charge in [0.05, 0.1) is 12.6 Å². The first-order valence-electron chi connectivity index (χ1n) is 8.96. The predicted molar refractivity (Wildman–Crippen MR) is 93.3 cm³/mol. The first kappa shape index (κ1) is 18.9. The highest BCUT2D eigenvalue weighted by molar-refractivity contribution is 5.92. The lowest BCUT2D eigenvalue weighted by Gasteiger charge is -2.36. The third-order valence-electron chi connectivity index (χ3n) is 5.07. The van der Waals surface area contributed by atoms with Gasteiger partial charge in [-0.05, 0) is 38.7 Å². The molecule has 0 bridgehead atoms. The Kier molecular flexibility index (Phi) is 6.80. The fourth-order valence-electron chi connectivity index (χ4n) is 3.44. The highest BCUT2D eigenvalue weighted by atomic mass is 16.5. The fourth-order valence-corrected chi connectivity index (χ4v) is 3.44. The monoisotopic (exact) mass is 337 g/mol. The van der Waals surface area contributed by atoms with Crippen molar-refractivity contribution >= 4 is 5.91 Å². The van der Waals surface area contributed by atoms with E-state index in [1.807, 2.05) is 17.7 Å². The summed E-state index contributed by atoms with van der Waals surface area (Å²) in [5.41, 5.74) is 1.50. The molecule has 136 valence electrons. The minimum absolute atomic E-state index is 0.0321. The van der Waals surface area contributed by atoms with Crippen LogP contribution in [0.4, 0.5) is 0 Å². The predicted octanol–water partition coefficient (Wildman–Crippen LogP) is 2.73. The molecule has 0 saturated carbocycles. The van der Waals surface area contributed by atoms with Crippen molar-refractivity contribution in [3.63, 3.8) is 0 Å². The summed E-state index contributed by atoms with van der Waals surface area (Å²) in [6, 6.07) is 2.22. The zero-order valence-corrected chi connectivity index (χ0v) is 15.4. The number of hydrogen-bond donors (Lipinski definition) is 1. The molecule has 6 nitrogen and oxygen atoms in total. The highest BCUT2D eigenvalue weighted by Gasteiger charge is 2.33. The lowest BCUT2D eigenvalue weighted by atomic mass is 9.81. The van der Waals surface area contributed by atoms with Crippen LogP contribution in [0.15, 0.2) is 6.07 Å². The van der Waals surface area contributed by atoms with Gasteiger partial charge in [-0.15, -0.1) is 0 Å². The van der Waals surface area contributed by atoms with E-state index in [9.17, 15) is 4.79 Å². The van der Waals surface area contributed by atoms with Gasteiger partial charge in [0.15, 0.2) is 0 Å². The third-order valence-corrected chi connectivity index (χ3v) is 5.07. The second-order valence-corrected chi connectivity index (χ2v) is 6.81. The first-order valence-corrected chi connectivity index (χ1v) is 8.96. The molecule has 1 amide bonds. The topological polar surface area (TPSA) is 65.4 Å². The second-order valence-electron chi connectivity index (χ2n) is 6.81. The summed E-state index contributed by atoms with van der Waals surface area (Å²) in [5.74, 6) is -0.107. The van der Waals surface area contributed by atoms with E-state index in [0.717, 1.165) is 44.6 Å². The van der Waals surface area contributed by atoms with Crippen molar-refractivity contribution in [2.45, 2.75) is 52.5 Å². The van der Waals surface area contributed by atoms with Crippen LogP contribution in [0, 0.1) is 12.3 Å². The summed E-state index contributed by atoms with van der Waals surface area (Å²) in [6.07, 6.45) is 3.83. The number of carbonyl (C=O) groups is 1. The van der Waals surface area contributed by atoms with Crippen LogP contribution in [0.25, 0.3) is 0 Å². The Morgan fingerprint density at radius 3 is 2.67 bits per heavy atom. The van der Waals surface area contributed by atoms with Gasteiger partial charge in [-0.2, -0.15) is 5.10 Å². The smallest absolute Gasteiger partial charge is 0.271 e. The standard InChI is InChI=1S/C18H31N3O3/c1-5-15(6-2)21-14(3)11-16(20-21)17(22)19-12-18(13-23-4)7-9-24-10-8-18/h11,15H,5-10,12-13H2,1-4H3,(H,19,22). The molecule has 1 aromatic heterocycles. The van der Waals surface area contributed by atoms with Gasteiger partial charge < -0.3 is 14.8 Å². The molecule has 24 heavy (non-hydrogen) atoms. The Balaban J connectivity index is 2.02. The van der Waals surface area contributed by atoms with Crippen molar-refractivity contribution in [2.75, 3.05) is 33.5 Å². The molecule has 2 rings (SSSR count). The Hall–Kier alpha value is -1.40. The molecule has 1 aromatic rings. The van der Waals surface area contributed by atoms with E-state index in [4.69, 9.17) is 9.47 Å². The number of nitrogens with one attached hydrogen (secondary N) is 1. The maximum absolute atomic E-state index is 12.5. The van der Waals surface area contributed by atoms with Gasteiger partial charge >= 0.3 is 0 Å². The van der Waals surface area contributed by atoms with E-state index < -0.39 is 0 Å². The third kappa shape index (κ3) is 4.36. The van der Waals surface area contributed by atoms with E-state index >= 15 is 0 Å². The molecule has 0 aliphatic carbocycles. The SMILES string of the molecule is CCC(CC)n1nc(C(=O)NCC2(COC)CCOCC2)cc1C. The molecule has 1 aliphatic rings. The normalized spacial score (nSPS) is 17.2. The van der Waals surface area contributed by atoms with Crippen molar-refractivity contribution in [3.8, 4) is 0 Å². The molecule has 2 heterocycles. The zero-order valence-electron chi connectivity index (χ0n) is 15.4. The van der Waals surface area contributed by atoms with E-state index in [-0.39, 0.29) is 11.3 Å². The molecule has 6 heteroatoms. The van der Waals surface area contributed by atoms with E-state index in [1.54, 1.807) is 7.11 Å². The molecule has 1 saturated heterocycles. The molecule has 0 spiro atoms. The van der Waals surface area contributed by atoms with E-state index in [1.165, 1.54) is 0 Å². The Morgan fingerprint density at radius 2 is 2.08 bits per heavy atom. The number of amides is 1. The molecule has 1 aliphatic heterocycles. The van der Waals surface area contributed by atoms with Crippen LogP contribution in [0.5, 0.6) is 0 Å². The number of ether oxygens (including phenoxy) is 2. The van der Waals surface area contributed by atoms with Crippen molar-refractivity contribution in [1.29, 1.82) is 0 Å². The Morgan fingerprint density at radius 1 is 1.42 bits per heavy atom.